The highest BCUT2D eigenvalue weighted by Gasteiger charge is 2.54. The molecule has 32 heavy (non-hydrogen) atoms. The number of nitrogens with zero attached hydrogens (tertiary/aromatic N) is 2. The summed E-state index contributed by atoms with van der Waals surface area (Å²) in [6.45, 7) is 3.42. The van der Waals surface area contributed by atoms with Crippen molar-refractivity contribution in [1.82, 2.24) is 10.0 Å². The molecule has 0 aromatic heterocycles. The summed E-state index contributed by atoms with van der Waals surface area (Å²) in [6, 6.07) is 13.6. The highest BCUT2D eigenvalue weighted by atomic mass is 35.5. The van der Waals surface area contributed by atoms with Crippen molar-refractivity contribution in [3.05, 3.63) is 82.9 Å². The molecule has 0 unspecified atom stereocenters. The Morgan fingerprint density at radius 1 is 1.00 bits per heavy atom. The van der Waals surface area contributed by atoms with Crippen LogP contribution in [0, 0.1) is 17.8 Å². The minimum atomic E-state index is -1.07. The summed E-state index contributed by atoms with van der Waals surface area (Å²) in [7, 11) is 0. The Kier molecular flexibility index (Phi) is 5.98. The molecule has 6 nitrogen and oxygen atoms in total. The Morgan fingerprint density at radius 2 is 1.66 bits per heavy atom. The molecule has 0 bridgehead atoms. The van der Waals surface area contributed by atoms with Gasteiger partial charge in [-0.15, -0.1) is 0 Å². The first-order chi connectivity index (χ1) is 15.3. The maximum Gasteiger partial charge on any atom is 0.273 e. The van der Waals surface area contributed by atoms with Gasteiger partial charge >= 0.3 is 0 Å². The molecular formula is C25H23ClN2O4. The largest absolute Gasteiger partial charge is 0.292 e. The first-order valence-electron chi connectivity index (χ1n) is 10.5. The number of carbonyl (C=O) groups excluding carboxylic acids is 4. The molecule has 0 radical (unpaired) electrons. The molecule has 2 aromatic rings. The van der Waals surface area contributed by atoms with Crippen LogP contribution in [0.25, 0.3) is 0 Å². The molecule has 2 aromatic carbocycles. The fourth-order valence-electron chi connectivity index (χ4n) is 4.46. The number of carbonyl (C=O) groups is 4. The number of allylic oxidation sites excluding steroid dienone is 2. The molecule has 2 aliphatic rings. The van der Waals surface area contributed by atoms with Gasteiger partial charge in [0, 0.05) is 16.1 Å². The lowest BCUT2D eigenvalue weighted by molar-refractivity contribution is -0.156. The number of hydrogen-bond acceptors (Lipinski definition) is 4. The standard InChI is InChI=1S/C25H23ClN2O4/c1-15-7-6-10-20-21(15)25(32)28(24(20)31)27(23(30)18-11-13-19(26)14-12-18)16(2)22(29)17-8-4-3-5-9-17/h3-9,11-16,20-21H,10H2,1-2H3/t15-,16-,20+,21-/m1/s1. The number of benzene rings is 2. The van der Waals surface area contributed by atoms with Crippen molar-refractivity contribution in [2.45, 2.75) is 26.3 Å². The molecule has 1 saturated heterocycles. The fraction of sp³-hybridized carbons (Fsp3) is 0.280. The van der Waals surface area contributed by atoms with E-state index in [1.54, 1.807) is 42.5 Å². The van der Waals surface area contributed by atoms with Crippen molar-refractivity contribution in [1.29, 1.82) is 0 Å². The second-order valence-electron chi connectivity index (χ2n) is 8.21. The van der Waals surface area contributed by atoms with Crippen LogP contribution in [-0.4, -0.2) is 39.6 Å². The molecule has 4 atom stereocenters. The lowest BCUT2D eigenvalue weighted by Gasteiger charge is -2.34. The van der Waals surface area contributed by atoms with E-state index < -0.39 is 35.6 Å². The van der Waals surface area contributed by atoms with Crippen molar-refractivity contribution < 1.29 is 19.2 Å². The number of halogens is 1. The van der Waals surface area contributed by atoms with Crippen LogP contribution >= 0.6 is 11.6 Å². The summed E-state index contributed by atoms with van der Waals surface area (Å²) in [5.74, 6) is -3.11. The molecule has 0 N–H and O–H groups in total. The van der Waals surface area contributed by atoms with Crippen LogP contribution in [0.4, 0.5) is 0 Å². The number of rotatable bonds is 5. The Labute approximate surface area is 191 Å². The predicted molar refractivity (Wildman–Crippen MR) is 120 cm³/mol. The minimum Gasteiger partial charge on any atom is -0.292 e. The van der Waals surface area contributed by atoms with E-state index >= 15 is 0 Å². The fourth-order valence-corrected chi connectivity index (χ4v) is 4.59. The van der Waals surface area contributed by atoms with Crippen molar-refractivity contribution in [3.63, 3.8) is 0 Å². The zero-order chi connectivity index (χ0) is 23.0. The van der Waals surface area contributed by atoms with Gasteiger partial charge < -0.3 is 0 Å². The third kappa shape index (κ3) is 3.75. The normalized spacial score (nSPS) is 23.1. The summed E-state index contributed by atoms with van der Waals surface area (Å²) in [4.78, 5) is 53.6. The van der Waals surface area contributed by atoms with E-state index in [4.69, 9.17) is 11.6 Å². The zero-order valence-corrected chi connectivity index (χ0v) is 18.5. The van der Waals surface area contributed by atoms with Gasteiger partial charge in [0.05, 0.1) is 11.8 Å². The molecule has 1 heterocycles. The van der Waals surface area contributed by atoms with Crippen LogP contribution in [-0.2, 0) is 9.59 Å². The molecule has 3 amide bonds. The van der Waals surface area contributed by atoms with E-state index in [0.29, 0.717) is 17.0 Å². The third-order valence-electron chi connectivity index (χ3n) is 6.17. The van der Waals surface area contributed by atoms with Gasteiger partial charge in [-0.2, -0.15) is 5.01 Å². The highest BCUT2D eigenvalue weighted by molar-refractivity contribution is 6.30. The Morgan fingerprint density at radius 3 is 2.28 bits per heavy atom. The summed E-state index contributed by atoms with van der Waals surface area (Å²) in [5, 5.41) is 2.37. The molecule has 164 valence electrons. The second-order valence-corrected chi connectivity index (χ2v) is 8.64. The maximum atomic E-state index is 13.6. The smallest absolute Gasteiger partial charge is 0.273 e. The van der Waals surface area contributed by atoms with Crippen LogP contribution < -0.4 is 0 Å². The van der Waals surface area contributed by atoms with Gasteiger partial charge in [0.2, 0.25) is 0 Å². The van der Waals surface area contributed by atoms with Crippen molar-refractivity contribution in [2.75, 3.05) is 0 Å². The van der Waals surface area contributed by atoms with Crippen molar-refractivity contribution in [2.24, 2.45) is 17.8 Å². The summed E-state index contributed by atoms with van der Waals surface area (Å²) < 4.78 is 0. The van der Waals surface area contributed by atoms with E-state index in [1.165, 1.54) is 19.1 Å². The quantitative estimate of drug-likeness (QED) is 0.389. The highest BCUT2D eigenvalue weighted by Crippen LogP contribution is 2.40. The van der Waals surface area contributed by atoms with Crippen LogP contribution in [0.2, 0.25) is 5.02 Å². The van der Waals surface area contributed by atoms with Gasteiger partial charge in [-0.05, 0) is 43.5 Å². The van der Waals surface area contributed by atoms with Crippen LogP contribution in [0.3, 0.4) is 0 Å². The van der Waals surface area contributed by atoms with Gasteiger partial charge in [0.1, 0.15) is 6.04 Å². The second kappa shape index (κ2) is 8.71. The number of hydrogen-bond donors (Lipinski definition) is 0. The molecule has 0 spiro atoms. The minimum absolute atomic E-state index is 0.136. The van der Waals surface area contributed by atoms with E-state index in [9.17, 15) is 19.2 Å². The summed E-state index contributed by atoms with van der Waals surface area (Å²) in [6.07, 6.45) is 4.24. The molecule has 7 heteroatoms. The molecular weight excluding hydrogens is 428 g/mol. The van der Waals surface area contributed by atoms with Crippen LogP contribution in [0.1, 0.15) is 41.0 Å². The number of ketones is 1. The van der Waals surface area contributed by atoms with Crippen molar-refractivity contribution in [3.8, 4) is 0 Å². The summed E-state index contributed by atoms with van der Waals surface area (Å²) >= 11 is 5.96. The monoisotopic (exact) mass is 450 g/mol. The van der Waals surface area contributed by atoms with Gasteiger partial charge in [-0.3, -0.25) is 19.2 Å². The predicted octanol–water partition coefficient (Wildman–Crippen LogP) is 4.17. The van der Waals surface area contributed by atoms with E-state index in [0.717, 1.165) is 10.0 Å². The first-order valence-corrected chi connectivity index (χ1v) is 10.9. The topological polar surface area (TPSA) is 74.8 Å². The average molecular weight is 451 g/mol. The number of imide groups is 1. The lowest BCUT2D eigenvalue weighted by Crippen LogP contribution is -2.56. The van der Waals surface area contributed by atoms with E-state index in [2.05, 4.69) is 0 Å². The maximum absolute atomic E-state index is 13.6. The van der Waals surface area contributed by atoms with E-state index in [1.807, 2.05) is 19.1 Å². The SMILES string of the molecule is C[C@@H]1C=CC[C@@H]2C(=O)N(N(C(=O)c3ccc(Cl)cc3)[C@H](C)C(=O)c3ccccc3)C(=O)[C@H]12. The molecule has 1 aliphatic heterocycles. The van der Waals surface area contributed by atoms with Gasteiger partial charge in [-0.1, -0.05) is 61.0 Å². The number of Topliss-reactive ketones (excluding diaryl/α,β-unsaturated/α-hetero) is 1. The molecule has 4 rings (SSSR count). The van der Waals surface area contributed by atoms with Crippen LogP contribution in [0.15, 0.2) is 66.7 Å². The van der Waals surface area contributed by atoms with E-state index in [-0.39, 0.29) is 17.3 Å². The molecule has 1 aliphatic carbocycles. The average Bonchev–Trinajstić information content (AvgIpc) is 3.05. The van der Waals surface area contributed by atoms with Gasteiger partial charge in [0.15, 0.2) is 5.78 Å². The van der Waals surface area contributed by atoms with Gasteiger partial charge in [0.25, 0.3) is 17.7 Å². The Bertz CT molecular complexity index is 1100. The van der Waals surface area contributed by atoms with Crippen molar-refractivity contribution >= 4 is 35.1 Å². The lowest BCUT2D eigenvalue weighted by atomic mass is 9.78. The number of amides is 3. The number of hydrazine groups is 1. The Hall–Kier alpha value is -3.25. The third-order valence-corrected chi connectivity index (χ3v) is 6.42. The van der Waals surface area contributed by atoms with Gasteiger partial charge in [-0.25, -0.2) is 5.01 Å². The van der Waals surface area contributed by atoms with Crippen LogP contribution in [0.5, 0.6) is 0 Å². The zero-order valence-electron chi connectivity index (χ0n) is 17.8. The summed E-state index contributed by atoms with van der Waals surface area (Å²) in [5.41, 5.74) is 0.615. The molecule has 0 saturated carbocycles. The Balaban J connectivity index is 1.76. The number of fused-ring (bicyclic) bond motifs is 1. The molecule has 1 fully saturated rings. The first kappa shape index (κ1) is 22.0.